The minimum absolute atomic E-state index is 0.0878. The van der Waals surface area contributed by atoms with E-state index in [1.165, 1.54) is 24.7 Å². The zero-order valence-electron chi connectivity index (χ0n) is 14.1. The molecule has 134 valence electrons. The Hall–Kier alpha value is -1.82. The van der Waals surface area contributed by atoms with Crippen LogP contribution in [-0.2, 0) is 23.1 Å². The van der Waals surface area contributed by atoms with Gasteiger partial charge in [0.15, 0.2) is 0 Å². The molecule has 0 fully saturated rings. The second kappa shape index (κ2) is 10.1. The SMILES string of the molecule is C=CCO/C=C(/c1ccoc1C(=O)OCC)P(=O)(OCC)OCC. The number of hydrogen-bond donors (Lipinski definition) is 0. The highest BCUT2D eigenvalue weighted by molar-refractivity contribution is 7.65. The summed E-state index contributed by atoms with van der Waals surface area (Å²) in [5.74, 6) is -0.767. The summed E-state index contributed by atoms with van der Waals surface area (Å²) in [4.78, 5) is 12.0. The first-order valence-electron chi connectivity index (χ1n) is 7.61. The standard InChI is InChI=1S/C16H23O7P/c1-5-10-19-12-14(24(18,22-7-3)23-8-4)13-9-11-21-15(13)16(17)20-6-2/h5,9,11-12H,1,6-8,10H2,2-4H3/b14-12-. The molecule has 0 spiro atoms. The summed E-state index contributed by atoms with van der Waals surface area (Å²) in [5, 5.41) is 0.0878. The van der Waals surface area contributed by atoms with E-state index < -0.39 is 13.6 Å². The molecule has 1 rings (SSSR count). The van der Waals surface area contributed by atoms with Crippen LogP contribution in [0.2, 0.25) is 0 Å². The highest BCUT2D eigenvalue weighted by Crippen LogP contribution is 2.61. The maximum atomic E-state index is 13.1. The molecule has 8 heteroatoms. The van der Waals surface area contributed by atoms with E-state index in [9.17, 15) is 9.36 Å². The molecule has 0 aliphatic rings. The molecule has 0 aromatic carbocycles. The molecule has 0 bridgehead atoms. The van der Waals surface area contributed by atoms with Crippen LogP contribution in [0.3, 0.4) is 0 Å². The van der Waals surface area contributed by atoms with Crippen LogP contribution in [0.15, 0.2) is 35.7 Å². The second-order valence-electron chi connectivity index (χ2n) is 4.34. The molecular formula is C16H23O7P. The topological polar surface area (TPSA) is 84.2 Å². The van der Waals surface area contributed by atoms with Gasteiger partial charge in [-0.15, -0.1) is 0 Å². The number of furan rings is 1. The fourth-order valence-corrected chi connectivity index (χ4v) is 3.56. The van der Waals surface area contributed by atoms with Crippen molar-refractivity contribution in [2.24, 2.45) is 0 Å². The molecule has 0 aliphatic heterocycles. The molecule has 0 saturated heterocycles. The molecule has 0 saturated carbocycles. The van der Waals surface area contributed by atoms with Crippen LogP contribution in [0.5, 0.6) is 0 Å². The predicted octanol–water partition coefficient (Wildman–Crippen LogP) is 4.22. The van der Waals surface area contributed by atoms with Crippen molar-refractivity contribution in [2.75, 3.05) is 26.4 Å². The average molecular weight is 358 g/mol. The minimum Gasteiger partial charge on any atom is -0.496 e. The normalized spacial score (nSPS) is 12.0. The van der Waals surface area contributed by atoms with Crippen molar-refractivity contribution < 1.29 is 32.3 Å². The Morgan fingerprint density at radius 2 is 1.92 bits per heavy atom. The molecule has 0 amide bonds. The van der Waals surface area contributed by atoms with Crippen LogP contribution in [-0.4, -0.2) is 32.4 Å². The van der Waals surface area contributed by atoms with Gasteiger partial charge in [0, 0.05) is 5.56 Å². The monoisotopic (exact) mass is 358 g/mol. The molecule has 0 unspecified atom stereocenters. The zero-order valence-corrected chi connectivity index (χ0v) is 15.0. The van der Waals surface area contributed by atoms with Gasteiger partial charge in [0.05, 0.1) is 32.3 Å². The summed E-state index contributed by atoms with van der Waals surface area (Å²) in [6.07, 6.45) is 4.06. The quantitative estimate of drug-likeness (QED) is 0.192. The van der Waals surface area contributed by atoms with E-state index in [2.05, 4.69) is 6.58 Å². The predicted molar refractivity (Wildman–Crippen MR) is 89.6 cm³/mol. The molecule has 0 atom stereocenters. The van der Waals surface area contributed by atoms with Gasteiger partial charge >= 0.3 is 13.6 Å². The first kappa shape index (κ1) is 20.2. The maximum absolute atomic E-state index is 13.1. The molecule has 24 heavy (non-hydrogen) atoms. The number of hydrogen-bond acceptors (Lipinski definition) is 7. The molecule has 0 N–H and O–H groups in total. The van der Waals surface area contributed by atoms with Crippen molar-refractivity contribution in [1.82, 2.24) is 0 Å². The van der Waals surface area contributed by atoms with Crippen molar-refractivity contribution in [3.05, 3.63) is 42.6 Å². The van der Waals surface area contributed by atoms with Gasteiger partial charge in [-0.25, -0.2) is 4.79 Å². The fourth-order valence-electron chi connectivity index (χ4n) is 1.85. The van der Waals surface area contributed by atoms with Crippen LogP contribution in [0.4, 0.5) is 0 Å². The highest BCUT2D eigenvalue weighted by Gasteiger charge is 2.35. The lowest BCUT2D eigenvalue weighted by Crippen LogP contribution is -2.07. The molecule has 1 aromatic heterocycles. The highest BCUT2D eigenvalue weighted by atomic mass is 31.2. The fraction of sp³-hybridized carbons (Fsp3) is 0.438. The van der Waals surface area contributed by atoms with Gasteiger partial charge in [0.25, 0.3) is 0 Å². The second-order valence-corrected chi connectivity index (χ2v) is 6.34. The van der Waals surface area contributed by atoms with E-state index in [4.69, 9.17) is 22.9 Å². The van der Waals surface area contributed by atoms with Gasteiger partial charge in [-0.3, -0.25) is 4.57 Å². The molecule has 1 aromatic rings. The number of ether oxygens (including phenoxy) is 2. The van der Waals surface area contributed by atoms with E-state index in [0.29, 0.717) is 0 Å². The molecule has 7 nitrogen and oxygen atoms in total. The average Bonchev–Trinajstić information content (AvgIpc) is 3.01. The molecule has 0 radical (unpaired) electrons. The van der Waals surface area contributed by atoms with Gasteiger partial charge in [0.1, 0.15) is 11.9 Å². The lowest BCUT2D eigenvalue weighted by Gasteiger charge is -2.19. The van der Waals surface area contributed by atoms with E-state index in [1.807, 2.05) is 0 Å². The van der Waals surface area contributed by atoms with Gasteiger partial charge in [0.2, 0.25) is 5.76 Å². The van der Waals surface area contributed by atoms with E-state index >= 15 is 0 Å². The third-order valence-corrected chi connectivity index (χ3v) is 4.84. The summed E-state index contributed by atoms with van der Waals surface area (Å²) >= 11 is 0. The Bertz CT molecular complexity index is 608. The minimum atomic E-state index is -3.71. The van der Waals surface area contributed by atoms with Crippen LogP contribution in [0.1, 0.15) is 36.9 Å². The van der Waals surface area contributed by atoms with Crippen molar-refractivity contribution in [3.63, 3.8) is 0 Å². The van der Waals surface area contributed by atoms with Crippen LogP contribution in [0, 0.1) is 0 Å². The number of esters is 1. The maximum Gasteiger partial charge on any atom is 0.374 e. The Labute approximate surface area is 141 Å². The summed E-state index contributed by atoms with van der Waals surface area (Å²) in [6.45, 7) is 9.28. The molecular weight excluding hydrogens is 335 g/mol. The van der Waals surface area contributed by atoms with Crippen molar-refractivity contribution in [2.45, 2.75) is 20.8 Å². The Kier molecular flexibility index (Phi) is 8.54. The molecule has 1 heterocycles. The first-order chi connectivity index (χ1) is 11.5. The van der Waals surface area contributed by atoms with Gasteiger partial charge in [-0.1, -0.05) is 12.7 Å². The third kappa shape index (κ3) is 5.09. The van der Waals surface area contributed by atoms with Crippen LogP contribution < -0.4 is 0 Å². The zero-order chi connectivity index (χ0) is 18.0. The van der Waals surface area contributed by atoms with Crippen LogP contribution >= 0.6 is 7.60 Å². The third-order valence-electron chi connectivity index (χ3n) is 2.70. The first-order valence-corrected chi connectivity index (χ1v) is 9.15. The Morgan fingerprint density at radius 3 is 2.46 bits per heavy atom. The van der Waals surface area contributed by atoms with E-state index in [-0.39, 0.29) is 43.1 Å². The van der Waals surface area contributed by atoms with Crippen molar-refractivity contribution in [3.8, 4) is 0 Å². The van der Waals surface area contributed by atoms with Crippen molar-refractivity contribution in [1.29, 1.82) is 0 Å². The summed E-state index contributed by atoms with van der Waals surface area (Å²) < 4.78 is 39.3. The van der Waals surface area contributed by atoms with Gasteiger partial charge in [-0.05, 0) is 26.8 Å². The Morgan fingerprint density at radius 1 is 1.25 bits per heavy atom. The smallest absolute Gasteiger partial charge is 0.374 e. The number of rotatable bonds is 11. The summed E-state index contributed by atoms with van der Waals surface area (Å²) in [5.41, 5.74) is 0.239. The number of carbonyl (C=O) groups excluding carboxylic acids is 1. The lowest BCUT2D eigenvalue weighted by atomic mass is 10.2. The number of carbonyl (C=O) groups is 1. The van der Waals surface area contributed by atoms with Gasteiger partial charge in [-0.2, -0.15) is 0 Å². The molecule has 0 aliphatic carbocycles. The van der Waals surface area contributed by atoms with Crippen molar-refractivity contribution >= 4 is 18.9 Å². The lowest BCUT2D eigenvalue weighted by molar-refractivity contribution is 0.0489. The van der Waals surface area contributed by atoms with Gasteiger partial charge < -0.3 is 22.9 Å². The van der Waals surface area contributed by atoms with E-state index in [1.54, 1.807) is 20.8 Å². The largest absolute Gasteiger partial charge is 0.496 e. The van der Waals surface area contributed by atoms with E-state index in [0.717, 1.165) is 0 Å². The summed E-state index contributed by atoms with van der Waals surface area (Å²) in [7, 11) is -3.71. The van der Waals surface area contributed by atoms with Crippen LogP contribution in [0.25, 0.3) is 5.31 Å². The summed E-state index contributed by atoms with van der Waals surface area (Å²) in [6, 6.07) is 1.49. The Balaban J connectivity index is 3.36.